The van der Waals surface area contributed by atoms with Gasteiger partial charge in [0.15, 0.2) is 11.5 Å². The van der Waals surface area contributed by atoms with E-state index in [0.29, 0.717) is 0 Å². The summed E-state index contributed by atoms with van der Waals surface area (Å²) in [6, 6.07) is 12.4. The molecule has 0 unspecified atom stereocenters. The van der Waals surface area contributed by atoms with Crippen LogP contribution in [0.15, 0.2) is 36.4 Å². The summed E-state index contributed by atoms with van der Waals surface area (Å²) in [6.07, 6.45) is 0. The van der Waals surface area contributed by atoms with E-state index >= 15 is 0 Å². The van der Waals surface area contributed by atoms with E-state index < -0.39 is 0 Å². The third kappa shape index (κ3) is 2.86. The van der Waals surface area contributed by atoms with E-state index in [2.05, 4.69) is 30.1 Å². The average Bonchev–Trinajstić information content (AvgIpc) is 2.60. The van der Waals surface area contributed by atoms with Crippen LogP contribution in [0, 0.1) is 0 Å². The number of hydrogen-bond donors (Lipinski definition) is 0. The van der Waals surface area contributed by atoms with E-state index in [9.17, 15) is 0 Å². The molecule has 0 bridgehead atoms. The zero-order valence-corrected chi connectivity index (χ0v) is 14.1. The molecule has 0 saturated heterocycles. The number of fused-ring (bicyclic) bond motifs is 1. The predicted molar refractivity (Wildman–Crippen MR) is 90.7 cm³/mol. The quantitative estimate of drug-likeness (QED) is 0.867. The maximum absolute atomic E-state index is 5.70. The predicted octanol–water partition coefficient (Wildman–Crippen LogP) is 3.29. The summed E-state index contributed by atoms with van der Waals surface area (Å²) in [6.45, 7) is 1.87. The second-order valence-electron chi connectivity index (χ2n) is 5.90. The first-order valence-electron chi connectivity index (χ1n) is 7.74. The van der Waals surface area contributed by atoms with Gasteiger partial charge in [-0.25, -0.2) is 0 Å². The van der Waals surface area contributed by atoms with Crippen LogP contribution in [0.4, 0.5) is 0 Å². The lowest BCUT2D eigenvalue weighted by Gasteiger charge is -2.34. The first-order chi connectivity index (χ1) is 11.2. The van der Waals surface area contributed by atoms with Gasteiger partial charge < -0.3 is 19.1 Å². The fourth-order valence-corrected chi connectivity index (χ4v) is 3.38. The van der Waals surface area contributed by atoms with Crippen LogP contribution in [0.5, 0.6) is 17.2 Å². The van der Waals surface area contributed by atoms with Crippen molar-refractivity contribution in [2.24, 2.45) is 0 Å². The normalized spacial score (nSPS) is 17.5. The molecule has 0 aliphatic carbocycles. The standard InChI is InChI=1S/C19H23NO3/c1-20-11-14-7-10-17(22-3)19(23-4)18(14)16(12-20)13-5-8-15(21-2)9-6-13/h5-10,16H,11-12H2,1-4H3/t16-/m0/s1. The van der Waals surface area contributed by atoms with Gasteiger partial charge in [0.25, 0.3) is 0 Å². The second kappa shape index (κ2) is 6.50. The molecule has 23 heavy (non-hydrogen) atoms. The van der Waals surface area contributed by atoms with Crippen LogP contribution in [0.1, 0.15) is 22.6 Å². The molecule has 0 fully saturated rings. The highest BCUT2D eigenvalue weighted by Crippen LogP contribution is 2.43. The summed E-state index contributed by atoms with van der Waals surface area (Å²) in [7, 11) is 7.23. The van der Waals surface area contributed by atoms with Gasteiger partial charge in [0.1, 0.15) is 5.75 Å². The highest BCUT2D eigenvalue weighted by Gasteiger charge is 2.29. The topological polar surface area (TPSA) is 30.9 Å². The van der Waals surface area contributed by atoms with E-state index in [-0.39, 0.29) is 5.92 Å². The van der Waals surface area contributed by atoms with Crippen LogP contribution < -0.4 is 14.2 Å². The van der Waals surface area contributed by atoms with Crippen molar-refractivity contribution in [2.75, 3.05) is 34.9 Å². The Labute approximate surface area is 137 Å². The number of methoxy groups -OCH3 is 3. The van der Waals surface area contributed by atoms with Crippen molar-refractivity contribution in [3.05, 3.63) is 53.1 Å². The van der Waals surface area contributed by atoms with Crippen LogP contribution in [-0.2, 0) is 6.54 Å². The zero-order chi connectivity index (χ0) is 16.4. The van der Waals surface area contributed by atoms with Crippen LogP contribution in [0.3, 0.4) is 0 Å². The minimum Gasteiger partial charge on any atom is -0.497 e. The van der Waals surface area contributed by atoms with Crippen molar-refractivity contribution in [2.45, 2.75) is 12.5 Å². The monoisotopic (exact) mass is 313 g/mol. The summed E-state index contributed by atoms with van der Waals surface area (Å²) < 4.78 is 16.5. The summed E-state index contributed by atoms with van der Waals surface area (Å²) in [5.74, 6) is 2.75. The Kier molecular flexibility index (Phi) is 4.44. The lowest BCUT2D eigenvalue weighted by molar-refractivity contribution is 0.284. The molecular formula is C19H23NO3. The van der Waals surface area contributed by atoms with Gasteiger partial charge in [-0.1, -0.05) is 18.2 Å². The van der Waals surface area contributed by atoms with Crippen molar-refractivity contribution < 1.29 is 14.2 Å². The van der Waals surface area contributed by atoms with Crippen LogP contribution in [-0.4, -0.2) is 39.8 Å². The molecule has 4 nitrogen and oxygen atoms in total. The Balaban J connectivity index is 2.12. The Morgan fingerprint density at radius 2 is 1.65 bits per heavy atom. The zero-order valence-electron chi connectivity index (χ0n) is 14.1. The minimum atomic E-state index is 0.250. The van der Waals surface area contributed by atoms with Crippen molar-refractivity contribution in [1.82, 2.24) is 4.90 Å². The Morgan fingerprint density at radius 3 is 2.26 bits per heavy atom. The molecule has 0 aromatic heterocycles. The molecule has 0 N–H and O–H groups in total. The van der Waals surface area contributed by atoms with Gasteiger partial charge >= 0.3 is 0 Å². The first-order valence-corrected chi connectivity index (χ1v) is 7.74. The van der Waals surface area contributed by atoms with E-state index in [1.54, 1.807) is 21.3 Å². The third-order valence-corrected chi connectivity index (χ3v) is 4.48. The second-order valence-corrected chi connectivity index (χ2v) is 5.90. The molecule has 122 valence electrons. The van der Waals surface area contributed by atoms with Gasteiger partial charge in [-0.05, 0) is 36.4 Å². The first kappa shape index (κ1) is 15.7. The summed E-state index contributed by atoms with van der Waals surface area (Å²) >= 11 is 0. The highest BCUT2D eigenvalue weighted by atomic mass is 16.5. The number of likely N-dealkylation sites (N-methyl/N-ethyl adjacent to an activating group) is 1. The molecule has 0 spiro atoms. The van der Waals surface area contributed by atoms with E-state index in [1.807, 2.05) is 18.2 Å². The van der Waals surface area contributed by atoms with E-state index in [4.69, 9.17) is 14.2 Å². The molecule has 4 heteroatoms. The van der Waals surface area contributed by atoms with E-state index in [0.717, 1.165) is 30.3 Å². The van der Waals surface area contributed by atoms with Crippen LogP contribution in [0.2, 0.25) is 0 Å². The maximum Gasteiger partial charge on any atom is 0.164 e. The summed E-state index contributed by atoms with van der Waals surface area (Å²) in [5.41, 5.74) is 3.78. The summed E-state index contributed by atoms with van der Waals surface area (Å²) in [4.78, 5) is 2.34. The molecule has 1 aliphatic rings. The average molecular weight is 313 g/mol. The largest absolute Gasteiger partial charge is 0.497 e. The SMILES string of the molecule is COc1ccc([C@@H]2CN(C)Cc3ccc(OC)c(OC)c32)cc1. The van der Waals surface area contributed by atoms with Crippen molar-refractivity contribution in [1.29, 1.82) is 0 Å². The van der Waals surface area contributed by atoms with Crippen molar-refractivity contribution in [3.8, 4) is 17.2 Å². The van der Waals surface area contributed by atoms with Crippen LogP contribution >= 0.6 is 0 Å². The van der Waals surface area contributed by atoms with Gasteiger partial charge in [-0.3, -0.25) is 0 Å². The number of ether oxygens (including phenoxy) is 3. The van der Waals surface area contributed by atoms with Gasteiger partial charge in [0.2, 0.25) is 0 Å². The molecule has 3 rings (SSSR count). The number of rotatable bonds is 4. The summed E-state index contributed by atoms with van der Waals surface area (Å²) in [5, 5.41) is 0. The smallest absolute Gasteiger partial charge is 0.164 e. The Bertz CT molecular complexity index is 682. The molecule has 0 radical (unpaired) electrons. The molecule has 1 aliphatic heterocycles. The molecule has 2 aromatic rings. The number of hydrogen-bond acceptors (Lipinski definition) is 4. The molecule has 1 heterocycles. The Hall–Kier alpha value is -2.20. The maximum atomic E-state index is 5.70. The highest BCUT2D eigenvalue weighted by molar-refractivity contribution is 5.56. The lowest BCUT2D eigenvalue weighted by Crippen LogP contribution is -2.31. The number of nitrogens with zero attached hydrogens (tertiary/aromatic N) is 1. The molecular weight excluding hydrogens is 290 g/mol. The molecule has 0 saturated carbocycles. The van der Waals surface area contributed by atoms with Crippen molar-refractivity contribution >= 4 is 0 Å². The number of benzene rings is 2. The molecule has 0 amide bonds. The minimum absolute atomic E-state index is 0.250. The van der Waals surface area contributed by atoms with Gasteiger partial charge in [-0.2, -0.15) is 0 Å². The van der Waals surface area contributed by atoms with Crippen molar-refractivity contribution in [3.63, 3.8) is 0 Å². The molecule has 2 aromatic carbocycles. The molecule has 1 atom stereocenters. The van der Waals surface area contributed by atoms with Gasteiger partial charge in [0.05, 0.1) is 21.3 Å². The fourth-order valence-electron chi connectivity index (χ4n) is 3.38. The third-order valence-electron chi connectivity index (χ3n) is 4.48. The fraction of sp³-hybridized carbons (Fsp3) is 0.368. The van der Waals surface area contributed by atoms with E-state index in [1.165, 1.54) is 16.7 Å². The van der Waals surface area contributed by atoms with Gasteiger partial charge in [0, 0.05) is 24.6 Å². The van der Waals surface area contributed by atoms with Crippen LogP contribution in [0.25, 0.3) is 0 Å². The Morgan fingerprint density at radius 1 is 0.913 bits per heavy atom. The lowest BCUT2D eigenvalue weighted by atomic mass is 9.84. The van der Waals surface area contributed by atoms with Gasteiger partial charge in [-0.15, -0.1) is 0 Å².